The predicted molar refractivity (Wildman–Crippen MR) is 108 cm³/mol. The Morgan fingerprint density at radius 2 is 1.83 bits per heavy atom. The fourth-order valence-electron chi connectivity index (χ4n) is 3.97. The summed E-state index contributed by atoms with van der Waals surface area (Å²) in [6.45, 7) is 5.01. The van der Waals surface area contributed by atoms with Gasteiger partial charge in [0.1, 0.15) is 0 Å². The third kappa shape index (κ3) is 2.53. The maximum Gasteiger partial charge on any atom is 0.0873 e. The second-order valence-corrected chi connectivity index (χ2v) is 12.3. The van der Waals surface area contributed by atoms with Gasteiger partial charge in [-0.15, -0.1) is 0 Å². The molecule has 0 radical (unpaired) electrons. The van der Waals surface area contributed by atoms with Gasteiger partial charge in [0.15, 0.2) is 0 Å². The van der Waals surface area contributed by atoms with Gasteiger partial charge >= 0.3 is 0 Å². The Morgan fingerprint density at radius 1 is 1.04 bits per heavy atom. The molecule has 24 heavy (non-hydrogen) atoms. The molecule has 0 spiro atoms. The summed E-state index contributed by atoms with van der Waals surface area (Å²) in [5.41, 5.74) is 5.99. The number of halogens is 1. The summed E-state index contributed by atoms with van der Waals surface area (Å²) < 4.78 is 0. The lowest BCUT2D eigenvalue weighted by atomic mass is 9.97. The molecular formula is C22H21ClSi. The van der Waals surface area contributed by atoms with Gasteiger partial charge < -0.3 is 0 Å². The van der Waals surface area contributed by atoms with Crippen molar-refractivity contribution in [3.8, 4) is 11.1 Å². The lowest BCUT2D eigenvalue weighted by Crippen LogP contribution is -2.36. The van der Waals surface area contributed by atoms with Crippen molar-refractivity contribution in [3.05, 3.63) is 88.1 Å². The normalized spacial score (nSPS) is 18.8. The van der Waals surface area contributed by atoms with E-state index in [4.69, 9.17) is 11.6 Å². The van der Waals surface area contributed by atoms with E-state index < -0.39 is 8.07 Å². The highest BCUT2D eigenvalue weighted by molar-refractivity contribution is 6.86. The number of hydrogen-bond acceptors (Lipinski definition) is 0. The van der Waals surface area contributed by atoms with Gasteiger partial charge in [-0.3, -0.25) is 0 Å². The van der Waals surface area contributed by atoms with Crippen molar-refractivity contribution in [2.75, 3.05) is 0 Å². The number of hydrogen-bond donors (Lipinski definition) is 0. The largest absolute Gasteiger partial charge is 0.0873 e. The van der Waals surface area contributed by atoms with Crippen LogP contribution in [-0.4, -0.2) is 8.07 Å². The highest BCUT2D eigenvalue weighted by Crippen LogP contribution is 2.44. The lowest BCUT2D eigenvalue weighted by Gasteiger charge is -2.31. The van der Waals surface area contributed by atoms with Crippen LogP contribution in [0.15, 0.2) is 72.0 Å². The first-order chi connectivity index (χ1) is 11.6. The molecular weight excluding hydrogens is 328 g/mol. The van der Waals surface area contributed by atoms with Gasteiger partial charge in [-0.25, -0.2) is 0 Å². The fraction of sp³-hybridized carbons (Fsp3) is 0.182. The Morgan fingerprint density at radius 3 is 2.54 bits per heavy atom. The Bertz CT molecular complexity index is 869. The molecule has 2 aromatic carbocycles. The summed E-state index contributed by atoms with van der Waals surface area (Å²) in [5.74, 6) is 0. The third-order valence-electron chi connectivity index (χ3n) is 5.46. The van der Waals surface area contributed by atoms with E-state index in [1.807, 2.05) is 12.1 Å². The number of allylic oxidation sites excluding steroid dienone is 5. The van der Waals surface area contributed by atoms with Crippen molar-refractivity contribution < 1.29 is 0 Å². The molecule has 1 atom stereocenters. The predicted octanol–water partition coefficient (Wildman–Crippen LogP) is 6.79. The smallest absolute Gasteiger partial charge is 0.0843 e. The molecule has 2 heteroatoms. The molecule has 0 saturated carbocycles. The van der Waals surface area contributed by atoms with Crippen LogP contribution in [-0.2, 0) is 0 Å². The first-order valence-electron chi connectivity index (χ1n) is 8.50. The average Bonchev–Trinajstić information content (AvgIpc) is 3.25. The van der Waals surface area contributed by atoms with Gasteiger partial charge in [-0.2, -0.15) is 0 Å². The highest BCUT2D eigenvalue weighted by atomic mass is 35.5. The Labute approximate surface area is 150 Å². The summed E-state index contributed by atoms with van der Waals surface area (Å²) in [6, 6.07) is 14.9. The van der Waals surface area contributed by atoms with Gasteiger partial charge in [0, 0.05) is 10.6 Å². The topological polar surface area (TPSA) is 0 Å². The quantitative estimate of drug-likeness (QED) is 0.535. The maximum atomic E-state index is 6.05. The van der Waals surface area contributed by atoms with Gasteiger partial charge in [-0.1, -0.05) is 90.6 Å². The van der Waals surface area contributed by atoms with Crippen LogP contribution in [0.5, 0.6) is 0 Å². The van der Waals surface area contributed by atoms with E-state index in [2.05, 4.69) is 73.8 Å². The van der Waals surface area contributed by atoms with Gasteiger partial charge in [0.2, 0.25) is 0 Å². The van der Waals surface area contributed by atoms with Gasteiger partial charge in [0.25, 0.3) is 0 Å². The summed E-state index contributed by atoms with van der Waals surface area (Å²) in [6.07, 6.45) is 12.8. The van der Waals surface area contributed by atoms with Crippen LogP contribution < -0.4 is 0 Å². The minimum atomic E-state index is -1.53. The third-order valence-corrected chi connectivity index (χ3v) is 9.80. The van der Waals surface area contributed by atoms with E-state index in [-0.39, 0.29) is 0 Å². The lowest BCUT2D eigenvalue weighted by molar-refractivity contribution is 1.14. The van der Waals surface area contributed by atoms with E-state index in [0.717, 1.165) is 11.4 Å². The molecule has 0 heterocycles. The van der Waals surface area contributed by atoms with Crippen molar-refractivity contribution in [3.63, 3.8) is 0 Å². The van der Waals surface area contributed by atoms with Crippen molar-refractivity contribution in [2.24, 2.45) is 0 Å². The van der Waals surface area contributed by atoms with E-state index >= 15 is 0 Å². The molecule has 0 N–H and O–H groups in total. The molecule has 0 saturated heterocycles. The van der Waals surface area contributed by atoms with Crippen molar-refractivity contribution >= 4 is 25.8 Å². The SMILES string of the molecule is C[Si](C)(C1=CC=CC1)C1C=Cc2c(-c3ccc(Cl)cc3)cccc21. The van der Waals surface area contributed by atoms with Crippen LogP contribution in [0.1, 0.15) is 23.1 Å². The molecule has 0 nitrogen and oxygen atoms in total. The average molecular weight is 349 g/mol. The zero-order chi connectivity index (χ0) is 16.7. The van der Waals surface area contributed by atoms with Crippen LogP contribution >= 0.6 is 11.6 Å². The molecule has 0 aromatic heterocycles. The molecule has 120 valence electrons. The van der Waals surface area contributed by atoms with E-state index in [1.54, 1.807) is 5.20 Å². The molecule has 0 aliphatic heterocycles. The number of fused-ring (bicyclic) bond motifs is 1. The van der Waals surface area contributed by atoms with E-state index in [0.29, 0.717) is 5.54 Å². The van der Waals surface area contributed by atoms with Crippen molar-refractivity contribution in [2.45, 2.75) is 25.1 Å². The molecule has 0 amide bonds. The van der Waals surface area contributed by atoms with Crippen LogP contribution in [0.3, 0.4) is 0 Å². The van der Waals surface area contributed by atoms with E-state index in [1.165, 1.54) is 22.3 Å². The molecule has 2 aliphatic rings. The Kier molecular flexibility index (Phi) is 3.86. The van der Waals surface area contributed by atoms with Crippen LogP contribution in [0, 0.1) is 0 Å². The monoisotopic (exact) mass is 348 g/mol. The summed E-state index contributed by atoms with van der Waals surface area (Å²) in [7, 11) is -1.53. The van der Waals surface area contributed by atoms with Crippen LogP contribution in [0.4, 0.5) is 0 Å². The number of benzene rings is 2. The molecule has 2 aromatic rings. The van der Waals surface area contributed by atoms with Crippen LogP contribution in [0.2, 0.25) is 18.1 Å². The molecule has 1 unspecified atom stereocenters. The minimum Gasteiger partial charge on any atom is -0.0843 e. The number of rotatable bonds is 3. The van der Waals surface area contributed by atoms with Crippen molar-refractivity contribution in [1.82, 2.24) is 0 Å². The van der Waals surface area contributed by atoms with Crippen molar-refractivity contribution in [1.29, 1.82) is 0 Å². The Hall–Kier alpha value is -1.83. The van der Waals surface area contributed by atoms with E-state index in [9.17, 15) is 0 Å². The zero-order valence-corrected chi connectivity index (χ0v) is 15.8. The molecule has 2 aliphatic carbocycles. The second-order valence-electron chi connectivity index (χ2n) is 7.20. The first kappa shape index (κ1) is 15.7. The standard InChI is InChI=1S/C22H21ClSi/c1-24(2,18-6-3-4-7-18)22-15-14-20-19(8-5-9-21(20)22)16-10-12-17(23)13-11-16/h3-6,8-15,22H,7H2,1-2H3. The van der Waals surface area contributed by atoms with Crippen LogP contribution in [0.25, 0.3) is 17.2 Å². The van der Waals surface area contributed by atoms with Gasteiger partial charge in [0.05, 0.1) is 8.07 Å². The maximum absolute atomic E-state index is 6.05. The summed E-state index contributed by atoms with van der Waals surface area (Å²) in [5, 5.41) is 2.44. The molecule has 0 bridgehead atoms. The minimum absolute atomic E-state index is 0.561. The van der Waals surface area contributed by atoms with Gasteiger partial charge in [-0.05, 0) is 40.8 Å². The Balaban J connectivity index is 1.76. The fourth-order valence-corrected chi connectivity index (χ4v) is 7.27. The zero-order valence-electron chi connectivity index (χ0n) is 14.1. The first-order valence-corrected chi connectivity index (χ1v) is 12.0. The molecule has 0 fully saturated rings. The summed E-state index contributed by atoms with van der Waals surface area (Å²) >= 11 is 6.05. The summed E-state index contributed by atoms with van der Waals surface area (Å²) in [4.78, 5) is 0. The highest BCUT2D eigenvalue weighted by Gasteiger charge is 2.38. The molecule has 4 rings (SSSR count). The second kappa shape index (κ2) is 5.91.